The maximum atomic E-state index is 13.5. The predicted molar refractivity (Wildman–Crippen MR) is 120 cm³/mol. The van der Waals surface area contributed by atoms with Crippen LogP contribution < -0.4 is 15.4 Å². The molecule has 33 heavy (non-hydrogen) atoms. The third-order valence-electron chi connectivity index (χ3n) is 6.83. The first-order chi connectivity index (χ1) is 15.6. The number of alkyl halides is 2. The van der Waals surface area contributed by atoms with Gasteiger partial charge in [-0.1, -0.05) is 18.5 Å². The van der Waals surface area contributed by atoms with E-state index < -0.39 is 23.3 Å². The van der Waals surface area contributed by atoms with Crippen molar-refractivity contribution in [2.75, 3.05) is 6.61 Å². The highest BCUT2D eigenvalue weighted by atomic mass is 35.5. The molecule has 5 rings (SSSR count). The highest BCUT2D eigenvalue weighted by Gasteiger charge is 2.54. The van der Waals surface area contributed by atoms with E-state index in [1.165, 1.54) is 24.3 Å². The third-order valence-corrected chi connectivity index (χ3v) is 8.23. The molecule has 3 saturated carbocycles. The van der Waals surface area contributed by atoms with E-state index in [0.717, 1.165) is 17.4 Å². The Morgan fingerprint density at radius 1 is 1.18 bits per heavy atom. The van der Waals surface area contributed by atoms with Crippen LogP contribution in [0, 0.1) is 11.7 Å². The fourth-order valence-corrected chi connectivity index (χ4v) is 5.88. The summed E-state index contributed by atoms with van der Waals surface area (Å²) in [5.74, 6) is -0.935. The van der Waals surface area contributed by atoms with Gasteiger partial charge in [0.25, 0.3) is 18.2 Å². The number of ether oxygens (including phenoxy) is 1. The van der Waals surface area contributed by atoms with Gasteiger partial charge in [0.2, 0.25) is 0 Å². The van der Waals surface area contributed by atoms with E-state index in [-0.39, 0.29) is 44.9 Å². The summed E-state index contributed by atoms with van der Waals surface area (Å²) in [6.45, 7) is 1.79. The van der Waals surface area contributed by atoms with E-state index in [1.54, 1.807) is 0 Å². The second kappa shape index (κ2) is 9.18. The van der Waals surface area contributed by atoms with E-state index in [4.69, 9.17) is 16.3 Å². The van der Waals surface area contributed by atoms with Crippen LogP contribution in [0.1, 0.15) is 60.0 Å². The van der Waals surface area contributed by atoms with Gasteiger partial charge < -0.3 is 15.4 Å². The van der Waals surface area contributed by atoms with E-state index in [9.17, 15) is 22.8 Å². The van der Waals surface area contributed by atoms with Gasteiger partial charge in [0, 0.05) is 17.1 Å². The number of hydrogen-bond donors (Lipinski definition) is 2. The Kier molecular flexibility index (Phi) is 6.64. The predicted octanol–water partition coefficient (Wildman–Crippen LogP) is 5.49. The molecule has 0 saturated heterocycles. The summed E-state index contributed by atoms with van der Waals surface area (Å²) in [6.07, 6.45) is 0.811. The summed E-state index contributed by atoms with van der Waals surface area (Å²) in [5.41, 5.74) is -0.806. The average Bonchev–Trinajstić information content (AvgIpc) is 3.27. The lowest BCUT2D eigenvalue weighted by Crippen LogP contribution is -2.67. The molecule has 0 radical (unpaired) electrons. The van der Waals surface area contributed by atoms with Gasteiger partial charge in [-0.25, -0.2) is 13.2 Å². The number of thiophene rings is 1. The van der Waals surface area contributed by atoms with E-state index in [0.29, 0.717) is 32.1 Å². The third kappa shape index (κ3) is 4.99. The molecule has 3 aliphatic carbocycles. The second-order valence-corrected chi connectivity index (χ2v) is 10.4. The first-order valence-corrected chi connectivity index (χ1v) is 11.9. The van der Waals surface area contributed by atoms with Gasteiger partial charge in [-0.15, -0.1) is 11.3 Å². The van der Waals surface area contributed by atoms with Crippen molar-refractivity contribution in [3.8, 4) is 5.75 Å². The molecule has 178 valence electrons. The zero-order chi connectivity index (χ0) is 23.8. The molecule has 2 bridgehead atoms. The lowest BCUT2D eigenvalue weighted by molar-refractivity contribution is -0.128. The van der Waals surface area contributed by atoms with Crippen LogP contribution in [0.5, 0.6) is 5.75 Å². The minimum absolute atomic E-state index is 0.0203. The summed E-state index contributed by atoms with van der Waals surface area (Å²) >= 11 is 6.46. The molecule has 2 N–H and O–H groups in total. The van der Waals surface area contributed by atoms with Crippen molar-refractivity contribution in [2.45, 2.75) is 56.5 Å². The van der Waals surface area contributed by atoms with Crippen molar-refractivity contribution in [2.24, 2.45) is 5.92 Å². The minimum Gasteiger partial charge on any atom is -0.484 e. The van der Waals surface area contributed by atoms with E-state index >= 15 is 0 Å². The maximum absolute atomic E-state index is 13.5. The Hall–Kier alpha value is -2.26. The normalized spacial score (nSPS) is 26.3. The molecule has 1 aromatic carbocycles. The van der Waals surface area contributed by atoms with Crippen LogP contribution in [-0.4, -0.2) is 29.5 Å². The highest BCUT2D eigenvalue weighted by molar-refractivity contribution is 7.14. The highest BCUT2D eigenvalue weighted by Crippen LogP contribution is 2.50. The number of nitrogens with one attached hydrogen (secondary N) is 2. The first-order valence-electron chi connectivity index (χ1n) is 10.7. The fourth-order valence-electron chi connectivity index (χ4n) is 5.00. The van der Waals surface area contributed by atoms with E-state index in [1.807, 2.05) is 6.92 Å². The summed E-state index contributed by atoms with van der Waals surface area (Å²) in [4.78, 5) is 25.4. The number of hydrogen-bond acceptors (Lipinski definition) is 4. The Labute approximate surface area is 198 Å². The Balaban J connectivity index is 1.34. The number of halogens is 4. The number of rotatable bonds is 7. The molecule has 0 spiro atoms. The van der Waals surface area contributed by atoms with Crippen LogP contribution in [0.4, 0.5) is 13.2 Å². The average molecular weight is 501 g/mol. The zero-order valence-electron chi connectivity index (χ0n) is 17.9. The number of amides is 2. The molecule has 1 unspecified atom stereocenters. The monoisotopic (exact) mass is 500 g/mol. The van der Waals surface area contributed by atoms with Crippen LogP contribution in [0.15, 0.2) is 30.3 Å². The van der Waals surface area contributed by atoms with Crippen molar-refractivity contribution in [3.63, 3.8) is 0 Å². The van der Waals surface area contributed by atoms with Gasteiger partial charge in [0.1, 0.15) is 11.6 Å². The first kappa shape index (κ1) is 23.9. The van der Waals surface area contributed by atoms with Gasteiger partial charge in [-0.3, -0.25) is 9.59 Å². The van der Waals surface area contributed by atoms with Crippen molar-refractivity contribution < 1.29 is 27.5 Å². The van der Waals surface area contributed by atoms with Crippen LogP contribution in [0.25, 0.3) is 0 Å². The number of fused-ring (bicyclic) bond motifs is 3. The molecule has 1 atom stereocenters. The minimum atomic E-state index is -2.59. The molecule has 3 fully saturated rings. The number of carbonyl (C=O) groups excluding carboxylic acids is 2. The molecule has 3 aliphatic rings. The molecule has 1 aromatic heterocycles. The topological polar surface area (TPSA) is 67.4 Å². The van der Waals surface area contributed by atoms with Gasteiger partial charge in [-0.2, -0.15) is 0 Å². The standard InChI is InChI=1S/C23H24ClF3N2O3S/c1-13-11-22(29-21(31)18-5-4-17(33-18)20(26)27)6-8-23(13,9-7-22)28-19(30)12-32-14-2-3-15(24)16(25)10-14/h2-5,10,13,20H,6-9,11-12H2,1H3,(H,28,30)(H,29,31). The summed E-state index contributed by atoms with van der Waals surface area (Å²) in [6, 6.07) is 6.71. The molecular formula is C23H24ClF3N2O3S. The van der Waals surface area contributed by atoms with Crippen LogP contribution in [-0.2, 0) is 4.79 Å². The lowest BCUT2D eigenvalue weighted by atomic mass is 9.56. The van der Waals surface area contributed by atoms with Crippen molar-refractivity contribution in [3.05, 3.63) is 50.9 Å². The van der Waals surface area contributed by atoms with E-state index in [2.05, 4.69) is 10.6 Å². The second-order valence-electron chi connectivity index (χ2n) is 8.91. The molecule has 2 aromatic rings. The number of carbonyl (C=O) groups is 2. The quantitative estimate of drug-likeness (QED) is 0.528. The van der Waals surface area contributed by atoms with Crippen molar-refractivity contribution in [1.29, 1.82) is 0 Å². The van der Waals surface area contributed by atoms with Crippen LogP contribution >= 0.6 is 22.9 Å². The summed E-state index contributed by atoms with van der Waals surface area (Å²) in [7, 11) is 0. The van der Waals surface area contributed by atoms with Crippen LogP contribution in [0.3, 0.4) is 0 Å². The fraction of sp³-hybridized carbons (Fsp3) is 0.478. The van der Waals surface area contributed by atoms with Crippen molar-refractivity contribution in [1.82, 2.24) is 10.6 Å². The lowest BCUT2D eigenvalue weighted by Gasteiger charge is -2.57. The van der Waals surface area contributed by atoms with Gasteiger partial charge in [0.15, 0.2) is 6.61 Å². The largest absolute Gasteiger partial charge is 0.484 e. The van der Waals surface area contributed by atoms with Gasteiger partial charge >= 0.3 is 0 Å². The molecule has 0 aliphatic heterocycles. The molecule has 2 amide bonds. The van der Waals surface area contributed by atoms with Crippen LogP contribution in [0.2, 0.25) is 5.02 Å². The molecule has 5 nitrogen and oxygen atoms in total. The molecule has 1 heterocycles. The Morgan fingerprint density at radius 2 is 1.91 bits per heavy atom. The molecular weight excluding hydrogens is 477 g/mol. The van der Waals surface area contributed by atoms with Crippen molar-refractivity contribution >= 4 is 34.8 Å². The van der Waals surface area contributed by atoms with Gasteiger partial charge in [-0.05, 0) is 62.3 Å². The zero-order valence-corrected chi connectivity index (χ0v) is 19.5. The smallest absolute Gasteiger partial charge is 0.272 e. The SMILES string of the molecule is CC1CC2(NC(=O)c3ccc(C(F)F)s3)CCC1(NC(=O)COc1ccc(Cl)c(F)c1)CC2. The summed E-state index contributed by atoms with van der Waals surface area (Å²) in [5, 5.41) is 6.17. The molecule has 10 heteroatoms. The maximum Gasteiger partial charge on any atom is 0.272 e. The summed E-state index contributed by atoms with van der Waals surface area (Å²) < 4.78 is 44.6. The number of benzene rings is 1. The Morgan fingerprint density at radius 3 is 2.52 bits per heavy atom. The van der Waals surface area contributed by atoms with Gasteiger partial charge in [0.05, 0.1) is 14.8 Å². The Bertz CT molecular complexity index is 1050.